The number of nitrogens with one attached hydrogen (secondary N) is 1. The molecular formula is C20H20ClN3O2S. The summed E-state index contributed by atoms with van der Waals surface area (Å²) in [5.74, 6) is 1.24. The molecule has 1 aromatic heterocycles. The number of benzene rings is 2. The molecule has 7 heteroatoms. The van der Waals surface area contributed by atoms with Crippen molar-refractivity contribution in [1.29, 1.82) is 0 Å². The Balaban J connectivity index is 1.75. The molecule has 1 heterocycles. The predicted octanol–water partition coefficient (Wildman–Crippen LogP) is 5.06. The fraction of sp³-hybridized carbons (Fsp3) is 0.250. The average molecular weight is 402 g/mol. The highest BCUT2D eigenvalue weighted by Crippen LogP contribution is 2.32. The number of ether oxygens (including phenoxy) is 1. The van der Waals surface area contributed by atoms with Crippen molar-refractivity contribution in [3.05, 3.63) is 58.6 Å². The first kappa shape index (κ1) is 19.5. The summed E-state index contributed by atoms with van der Waals surface area (Å²) >= 11 is 7.39. The quantitative estimate of drug-likeness (QED) is 0.442. The number of aryl methyl sites for hydroxylation is 1. The van der Waals surface area contributed by atoms with Crippen LogP contribution in [0.3, 0.4) is 0 Å². The fourth-order valence-electron chi connectivity index (χ4n) is 2.64. The van der Waals surface area contributed by atoms with Crippen LogP contribution in [0.1, 0.15) is 29.8 Å². The Morgan fingerprint density at radius 3 is 2.67 bits per heavy atom. The molecule has 0 aliphatic rings. The summed E-state index contributed by atoms with van der Waals surface area (Å²) in [6, 6.07) is 13.0. The number of ketones is 1. The second-order valence-electron chi connectivity index (χ2n) is 5.99. The van der Waals surface area contributed by atoms with Crippen LogP contribution < -0.4 is 4.74 Å². The summed E-state index contributed by atoms with van der Waals surface area (Å²) in [4.78, 5) is 17.1. The maximum absolute atomic E-state index is 12.6. The number of carbonyl (C=O) groups excluding carboxylic acids is 1. The number of thioether (sulfide) groups is 1. The van der Waals surface area contributed by atoms with Crippen molar-refractivity contribution in [3.8, 4) is 17.1 Å². The van der Waals surface area contributed by atoms with E-state index in [1.807, 2.05) is 31.2 Å². The molecule has 0 saturated heterocycles. The second kappa shape index (κ2) is 8.59. The minimum atomic E-state index is -0.303. The first-order chi connectivity index (χ1) is 13.0. The number of carbonyl (C=O) groups is 1. The largest absolute Gasteiger partial charge is 0.496 e. The lowest BCUT2D eigenvalue weighted by molar-refractivity contribution is 0.0994. The van der Waals surface area contributed by atoms with Gasteiger partial charge in [0.15, 0.2) is 11.6 Å². The molecule has 0 saturated carbocycles. The van der Waals surface area contributed by atoms with Gasteiger partial charge in [0.05, 0.1) is 17.9 Å². The van der Waals surface area contributed by atoms with E-state index < -0.39 is 0 Å². The van der Waals surface area contributed by atoms with Crippen LogP contribution in [0.25, 0.3) is 11.4 Å². The molecule has 1 N–H and O–H groups in total. The van der Waals surface area contributed by atoms with Gasteiger partial charge in [-0.3, -0.25) is 9.89 Å². The van der Waals surface area contributed by atoms with E-state index in [0.717, 1.165) is 12.0 Å². The summed E-state index contributed by atoms with van der Waals surface area (Å²) in [5, 5.41) is 7.88. The minimum absolute atomic E-state index is 0.0503. The van der Waals surface area contributed by atoms with Crippen LogP contribution in [-0.2, 0) is 6.42 Å². The molecule has 0 aliphatic heterocycles. The van der Waals surface area contributed by atoms with E-state index in [4.69, 9.17) is 16.3 Å². The average Bonchev–Trinajstić information content (AvgIpc) is 3.15. The van der Waals surface area contributed by atoms with E-state index in [2.05, 4.69) is 22.1 Å². The summed E-state index contributed by atoms with van der Waals surface area (Å²) in [6.07, 6.45) is 0.950. The second-order valence-corrected chi connectivity index (χ2v) is 7.73. The Morgan fingerprint density at radius 2 is 2.00 bits per heavy atom. The van der Waals surface area contributed by atoms with Crippen molar-refractivity contribution in [2.24, 2.45) is 0 Å². The number of aromatic amines is 1. The smallest absolute Gasteiger partial charge is 0.209 e. The van der Waals surface area contributed by atoms with E-state index >= 15 is 0 Å². The number of nitrogens with zero attached hydrogens (tertiary/aromatic N) is 2. The van der Waals surface area contributed by atoms with Gasteiger partial charge in [-0.15, -0.1) is 5.10 Å². The molecule has 2 aromatic carbocycles. The predicted molar refractivity (Wildman–Crippen MR) is 109 cm³/mol. The first-order valence-electron chi connectivity index (χ1n) is 8.58. The Labute approximate surface area is 167 Å². The number of Topliss-reactive ketones (excluding diaryl/α,β-unsaturated/α-hetero) is 1. The number of methoxy groups -OCH3 is 1. The fourth-order valence-corrected chi connectivity index (χ4v) is 3.61. The number of rotatable bonds is 7. The normalized spacial score (nSPS) is 12.0. The molecular weight excluding hydrogens is 382 g/mol. The van der Waals surface area contributed by atoms with Crippen LogP contribution in [0.15, 0.2) is 47.6 Å². The molecule has 0 bridgehead atoms. The SMILES string of the molecule is CCc1ccc(C(=O)C(C)Sc2n[nH]c(-c3cc(Cl)ccc3OC)n2)cc1. The highest BCUT2D eigenvalue weighted by Gasteiger charge is 2.20. The molecule has 27 heavy (non-hydrogen) atoms. The molecule has 0 radical (unpaired) electrons. The van der Waals surface area contributed by atoms with Gasteiger partial charge in [-0.2, -0.15) is 0 Å². The molecule has 0 spiro atoms. The Kier molecular flexibility index (Phi) is 6.19. The van der Waals surface area contributed by atoms with Gasteiger partial charge in [0.1, 0.15) is 5.75 Å². The van der Waals surface area contributed by atoms with E-state index in [9.17, 15) is 4.79 Å². The van der Waals surface area contributed by atoms with Crippen LogP contribution >= 0.6 is 23.4 Å². The van der Waals surface area contributed by atoms with Gasteiger partial charge in [0.25, 0.3) is 0 Å². The lowest BCUT2D eigenvalue weighted by atomic mass is 10.1. The zero-order valence-corrected chi connectivity index (χ0v) is 16.9. The maximum atomic E-state index is 12.6. The zero-order valence-electron chi connectivity index (χ0n) is 15.3. The molecule has 3 rings (SSSR count). The summed E-state index contributed by atoms with van der Waals surface area (Å²) in [6.45, 7) is 3.95. The maximum Gasteiger partial charge on any atom is 0.209 e. The van der Waals surface area contributed by atoms with Crippen LogP contribution in [-0.4, -0.2) is 33.3 Å². The van der Waals surface area contributed by atoms with Gasteiger partial charge in [0, 0.05) is 10.6 Å². The van der Waals surface area contributed by atoms with Crippen molar-refractivity contribution >= 4 is 29.1 Å². The number of hydrogen-bond donors (Lipinski definition) is 1. The third kappa shape index (κ3) is 4.51. The highest BCUT2D eigenvalue weighted by molar-refractivity contribution is 8.00. The molecule has 0 amide bonds. The zero-order chi connectivity index (χ0) is 19.4. The van der Waals surface area contributed by atoms with Crippen LogP contribution in [0.4, 0.5) is 0 Å². The minimum Gasteiger partial charge on any atom is -0.496 e. The van der Waals surface area contributed by atoms with Crippen molar-refractivity contribution in [2.75, 3.05) is 7.11 Å². The number of H-pyrrole nitrogens is 1. The Morgan fingerprint density at radius 1 is 1.26 bits per heavy atom. The van der Waals surface area contributed by atoms with Gasteiger partial charge in [0.2, 0.25) is 5.16 Å². The van der Waals surface area contributed by atoms with Gasteiger partial charge in [-0.05, 0) is 37.1 Å². The number of hydrogen-bond acceptors (Lipinski definition) is 5. The standard InChI is InChI=1S/C20H20ClN3O2S/c1-4-13-5-7-14(8-6-13)18(25)12(2)27-20-22-19(23-24-20)16-11-15(21)9-10-17(16)26-3/h5-12H,4H2,1-3H3,(H,22,23,24). The van der Waals surface area contributed by atoms with Crippen molar-refractivity contribution < 1.29 is 9.53 Å². The molecule has 0 fully saturated rings. The lowest BCUT2D eigenvalue weighted by Gasteiger charge is -2.08. The van der Waals surface area contributed by atoms with Crippen LogP contribution in [0.2, 0.25) is 5.02 Å². The van der Waals surface area contributed by atoms with E-state index in [-0.39, 0.29) is 11.0 Å². The van der Waals surface area contributed by atoms with Crippen molar-refractivity contribution in [1.82, 2.24) is 15.2 Å². The van der Waals surface area contributed by atoms with E-state index in [0.29, 0.717) is 27.3 Å². The number of halogens is 1. The Bertz CT molecular complexity index is 941. The van der Waals surface area contributed by atoms with Gasteiger partial charge >= 0.3 is 0 Å². The van der Waals surface area contributed by atoms with Gasteiger partial charge < -0.3 is 4.74 Å². The summed E-state index contributed by atoms with van der Waals surface area (Å²) in [5.41, 5.74) is 2.62. The van der Waals surface area contributed by atoms with Crippen molar-refractivity contribution in [3.63, 3.8) is 0 Å². The molecule has 140 valence electrons. The molecule has 0 aliphatic carbocycles. The third-order valence-corrected chi connectivity index (χ3v) is 5.38. The lowest BCUT2D eigenvalue weighted by Crippen LogP contribution is -2.13. The van der Waals surface area contributed by atoms with Crippen molar-refractivity contribution in [2.45, 2.75) is 30.7 Å². The topological polar surface area (TPSA) is 67.9 Å². The summed E-state index contributed by atoms with van der Waals surface area (Å²) in [7, 11) is 1.59. The summed E-state index contributed by atoms with van der Waals surface area (Å²) < 4.78 is 5.35. The molecule has 1 atom stereocenters. The van der Waals surface area contributed by atoms with E-state index in [1.54, 1.807) is 25.3 Å². The van der Waals surface area contributed by atoms with Crippen LogP contribution in [0, 0.1) is 0 Å². The highest BCUT2D eigenvalue weighted by atomic mass is 35.5. The van der Waals surface area contributed by atoms with Crippen LogP contribution in [0.5, 0.6) is 5.75 Å². The number of aromatic nitrogens is 3. The van der Waals surface area contributed by atoms with E-state index in [1.165, 1.54) is 17.3 Å². The van der Waals surface area contributed by atoms with Gasteiger partial charge in [-0.1, -0.05) is 54.6 Å². The van der Waals surface area contributed by atoms with Gasteiger partial charge in [-0.25, -0.2) is 4.98 Å². The molecule has 3 aromatic rings. The third-order valence-electron chi connectivity index (χ3n) is 4.18. The monoisotopic (exact) mass is 401 g/mol. The Hall–Kier alpha value is -2.31. The first-order valence-corrected chi connectivity index (χ1v) is 9.83. The molecule has 1 unspecified atom stereocenters. The molecule has 5 nitrogen and oxygen atoms in total.